The van der Waals surface area contributed by atoms with E-state index in [1.807, 2.05) is 13.8 Å². The Balaban J connectivity index is 2.12. The Hall–Kier alpha value is -1.69. The average Bonchev–Trinajstić information content (AvgIpc) is 2.81. The number of aryl methyl sites for hydroxylation is 3. The van der Waals surface area contributed by atoms with E-state index in [0.717, 1.165) is 23.1 Å². The molecule has 6 heteroatoms. The normalized spacial score (nSPS) is 15.7. The molecule has 2 heterocycles. The predicted molar refractivity (Wildman–Crippen MR) is 84.1 cm³/mol. The first kappa shape index (κ1) is 14.3. The molecule has 5 nitrogen and oxygen atoms in total. The van der Waals surface area contributed by atoms with E-state index in [-0.39, 0.29) is 0 Å². The SMILES string of the molecule is CCC(Nc1nc(C)nc2sc3c(c12)CCCC3)C(=O)O. The van der Waals surface area contributed by atoms with Crippen molar-refractivity contribution in [3.63, 3.8) is 0 Å². The summed E-state index contributed by atoms with van der Waals surface area (Å²) >= 11 is 1.73. The molecule has 0 saturated carbocycles. The number of carbonyl (C=O) groups is 1. The zero-order chi connectivity index (χ0) is 15.0. The third kappa shape index (κ3) is 2.60. The van der Waals surface area contributed by atoms with E-state index in [1.54, 1.807) is 11.3 Å². The topological polar surface area (TPSA) is 75.1 Å². The molecule has 21 heavy (non-hydrogen) atoms. The highest BCUT2D eigenvalue weighted by atomic mass is 32.1. The van der Waals surface area contributed by atoms with Crippen LogP contribution in [-0.2, 0) is 17.6 Å². The number of hydrogen-bond acceptors (Lipinski definition) is 5. The van der Waals surface area contributed by atoms with Crippen molar-refractivity contribution in [1.29, 1.82) is 0 Å². The van der Waals surface area contributed by atoms with Gasteiger partial charge in [-0.25, -0.2) is 14.8 Å². The molecule has 1 aliphatic rings. The maximum atomic E-state index is 11.3. The first-order valence-corrected chi connectivity index (χ1v) is 8.20. The van der Waals surface area contributed by atoms with Crippen molar-refractivity contribution in [3.8, 4) is 0 Å². The van der Waals surface area contributed by atoms with E-state index in [0.29, 0.717) is 18.1 Å². The first-order valence-electron chi connectivity index (χ1n) is 7.38. The molecule has 0 bridgehead atoms. The van der Waals surface area contributed by atoms with Gasteiger partial charge in [0.05, 0.1) is 5.39 Å². The van der Waals surface area contributed by atoms with Crippen molar-refractivity contribution in [2.45, 2.75) is 52.0 Å². The van der Waals surface area contributed by atoms with Crippen molar-refractivity contribution in [1.82, 2.24) is 9.97 Å². The molecule has 3 rings (SSSR count). The van der Waals surface area contributed by atoms with E-state index >= 15 is 0 Å². The van der Waals surface area contributed by atoms with Crippen molar-refractivity contribution >= 4 is 33.3 Å². The van der Waals surface area contributed by atoms with Crippen LogP contribution in [0.2, 0.25) is 0 Å². The molecule has 0 spiro atoms. The maximum Gasteiger partial charge on any atom is 0.326 e. The van der Waals surface area contributed by atoms with Crippen LogP contribution in [0.25, 0.3) is 10.2 Å². The van der Waals surface area contributed by atoms with Crippen LogP contribution in [0.15, 0.2) is 0 Å². The summed E-state index contributed by atoms with van der Waals surface area (Å²) in [6, 6.07) is -0.610. The molecule has 1 unspecified atom stereocenters. The van der Waals surface area contributed by atoms with Crippen molar-refractivity contribution in [2.24, 2.45) is 0 Å². The molecule has 2 aromatic rings. The van der Waals surface area contributed by atoms with E-state index < -0.39 is 12.0 Å². The molecular formula is C15H19N3O2S. The summed E-state index contributed by atoms with van der Waals surface area (Å²) in [5.41, 5.74) is 1.32. The molecule has 2 aromatic heterocycles. The van der Waals surface area contributed by atoms with Gasteiger partial charge in [-0.15, -0.1) is 11.3 Å². The second-order valence-corrected chi connectivity index (χ2v) is 6.54. The van der Waals surface area contributed by atoms with Gasteiger partial charge in [0, 0.05) is 4.88 Å². The minimum absolute atomic E-state index is 0.520. The monoisotopic (exact) mass is 305 g/mol. The average molecular weight is 305 g/mol. The zero-order valence-corrected chi connectivity index (χ0v) is 13.1. The molecule has 0 amide bonds. The molecule has 2 N–H and O–H groups in total. The van der Waals surface area contributed by atoms with Gasteiger partial charge in [-0.1, -0.05) is 6.92 Å². The number of aromatic nitrogens is 2. The lowest BCUT2D eigenvalue weighted by Crippen LogP contribution is -2.29. The number of fused-ring (bicyclic) bond motifs is 3. The molecule has 0 fully saturated rings. The number of rotatable bonds is 4. The summed E-state index contributed by atoms with van der Waals surface area (Å²) in [4.78, 5) is 22.7. The number of thiophene rings is 1. The zero-order valence-electron chi connectivity index (χ0n) is 12.3. The van der Waals surface area contributed by atoms with Gasteiger partial charge in [0.1, 0.15) is 22.5 Å². The van der Waals surface area contributed by atoms with Gasteiger partial charge in [0.15, 0.2) is 0 Å². The number of anilines is 1. The van der Waals surface area contributed by atoms with Gasteiger partial charge >= 0.3 is 5.97 Å². The van der Waals surface area contributed by atoms with Crippen LogP contribution in [0, 0.1) is 6.92 Å². The molecule has 0 saturated heterocycles. The van der Waals surface area contributed by atoms with Crippen molar-refractivity contribution in [3.05, 3.63) is 16.3 Å². The highest BCUT2D eigenvalue weighted by molar-refractivity contribution is 7.19. The first-order chi connectivity index (χ1) is 10.1. The van der Waals surface area contributed by atoms with Gasteiger partial charge in [-0.3, -0.25) is 0 Å². The van der Waals surface area contributed by atoms with E-state index in [4.69, 9.17) is 0 Å². The van der Waals surface area contributed by atoms with E-state index in [1.165, 1.54) is 23.3 Å². The lowest BCUT2D eigenvalue weighted by atomic mass is 9.97. The quantitative estimate of drug-likeness (QED) is 0.907. The van der Waals surface area contributed by atoms with Crippen molar-refractivity contribution in [2.75, 3.05) is 5.32 Å². The molecule has 1 aliphatic carbocycles. The van der Waals surface area contributed by atoms with Crippen LogP contribution in [0.3, 0.4) is 0 Å². The molecule has 0 radical (unpaired) electrons. The molecule has 112 valence electrons. The van der Waals surface area contributed by atoms with Crippen LogP contribution < -0.4 is 5.32 Å². The third-order valence-corrected chi connectivity index (χ3v) is 5.13. The minimum atomic E-state index is -0.842. The summed E-state index contributed by atoms with van der Waals surface area (Å²) < 4.78 is 0. The summed E-state index contributed by atoms with van der Waals surface area (Å²) in [6.07, 6.45) is 5.07. The van der Waals surface area contributed by atoms with Crippen molar-refractivity contribution < 1.29 is 9.90 Å². The van der Waals surface area contributed by atoms with Gasteiger partial charge in [0.2, 0.25) is 0 Å². The summed E-state index contributed by atoms with van der Waals surface area (Å²) in [5, 5.41) is 13.4. The van der Waals surface area contributed by atoms with Crippen LogP contribution >= 0.6 is 11.3 Å². The predicted octanol–water partition coefficient (Wildman–Crippen LogP) is 3.15. The second kappa shape index (κ2) is 5.60. The standard InChI is InChI=1S/C15H19N3O2S/c1-3-10(15(19)20)18-13-12-9-6-4-5-7-11(9)21-14(12)17-8(2)16-13/h10H,3-7H2,1-2H3,(H,19,20)(H,16,17,18). The molecular weight excluding hydrogens is 286 g/mol. The molecule has 0 aliphatic heterocycles. The summed E-state index contributed by atoms with van der Waals surface area (Å²) in [7, 11) is 0. The maximum absolute atomic E-state index is 11.3. The second-order valence-electron chi connectivity index (χ2n) is 5.45. The third-order valence-electron chi connectivity index (χ3n) is 3.94. The number of nitrogens with zero attached hydrogens (tertiary/aromatic N) is 2. The van der Waals surface area contributed by atoms with Gasteiger partial charge in [-0.05, 0) is 44.6 Å². The number of aliphatic carboxylic acids is 1. The lowest BCUT2D eigenvalue weighted by molar-refractivity contribution is -0.137. The Morgan fingerprint density at radius 1 is 1.38 bits per heavy atom. The van der Waals surface area contributed by atoms with Gasteiger partial charge in [-0.2, -0.15) is 0 Å². The minimum Gasteiger partial charge on any atom is -0.480 e. The number of nitrogens with one attached hydrogen (secondary N) is 1. The fourth-order valence-corrected chi connectivity index (χ4v) is 4.18. The Morgan fingerprint density at radius 2 is 2.14 bits per heavy atom. The Labute approximate surface area is 127 Å². The number of carboxylic acid groups (broad SMARTS) is 1. The lowest BCUT2D eigenvalue weighted by Gasteiger charge is -2.16. The van der Waals surface area contributed by atoms with E-state index in [2.05, 4.69) is 15.3 Å². The molecule has 1 atom stereocenters. The van der Waals surface area contributed by atoms with Gasteiger partial charge < -0.3 is 10.4 Å². The summed E-state index contributed by atoms with van der Waals surface area (Å²) in [5.74, 6) is 0.529. The van der Waals surface area contributed by atoms with Crippen LogP contribution in [0.4, 0.5) is 5.82 Å². The van der Waals surface area contributed by atoms with Crippen LogP contribution in [0.5, 0.6) is 0 Å². The fraction of sp³-hybridized carbons (Fsp3) is 0.533. The van der Waals surface area contributed by atoms with E-state index in [9.17, 15) is 9.90 Å². The Morgan fingerprint density at radius 3 is 2.86 bits per heavy atom. The largest absolute Gasteiger partial charge is 0.480 e. The molecule has 0 aromatic carbocycles. The van der Waals surface area contributed by atoms with Gasteiger partial charge in [0.25, 0.3) is 0 Å². The number of hydrogen-bond donors (Lipinski definition) is 2. The number of carboxylic acids is 1. The highest BCUT2D eigenvalue weighted by Crippen LogP contribution is 2.38. The Kier molecular flexibility index (Phi) is 3.80. The Bertz CT molecular complexity index is 696. The smallest absolute Gasteiger partial charge is 0.326 e. The summed E-state index contributed by atoms with van der Waals surface area (Å²) in [6.45, 7) is 3.71. The fourth-order valence-electron chi connectivity index (χ4n) is 2.87. The van der Waals surface area contributed by atoms with Crippen LogP contribution in [0.1, 0.15) is 42.5 Å². The van der Waals surface area contributed by atoms with Crippen LogP contribution in [-0.4, -0.2) is 27.1 Å². The highest BCUT2D eigenvalue weighted by Gasteiger charge is 2.23.